The number of amides is 1. The molecule has 0 saturated heterocycles. The Bertz CT molecular complexity index is 986. The van der Waals surface area contributed by atoms with Crippen molar-refractivity contribution in [1.82, 2.24) is 0 Å². The molecule has 150 valence electrons. The van der Waals surface area contributed by atoms with Crippen molar-refractivity contribution >= 4 is 43.2 Å². The van der Waals surface area contributed by atoms with Crippen molar-refractivity contribution in [2.45, 2.75) is 37.5 Å². The van der Waals surface area contributed by atoms with Crippen LogP contribution in [-0.2, 0) is 14.8 Å². The van der Waals surface area contributed by atoms with Gasteiger partial charge >= 0.3 is 0 Å². The second-order valence-corrected chi connectivity index (χ2v) is 9.43. The van der Waals surface area contributed by atoms with Crippen LogP contribution in [0, 0.1) is 12.8 Å². The van der Waals surface area contributed by atoms with Crippen LogP contribution >= 0.6 is 15.9 Å². The molecule has 8 heteroatoms. The summed E-state index contributed by atoms with van der Waals surface area (Å²) in [6.45, 7) is 1.88. The number of ether oxygens (including phenoxy) is 1. The Kier molecular flexibility index (Phi) is 6.30. The maximum atomic E-state index is 13.0. The van der Waals surface area contributed by atoms with Crippen molar-refractivity contribution in [3.63, 3.8) is 0 Å². The van der Waals surface area contributed by atoms with Gasteiger partial charge in [0.1, 0.15) is 10.6 Å². The van der Waals surface area contributed by atoms with Gasteiger partial charge in [-0.2, -0.15) is 0 Å². The number of halogens is 1. The fourth-order valence-corrected chi connectivity index (χ4v) is 5.06. The number of aryl methyl sites for hydroxylation is 1. The summed E-state index contributed by atoms with van der Waals surface area (Å²) in [6, 6.07) is 10.0. The van der Waals surface area contributed by atoms with E-state index < -0.39 is 10.0 Å². The fourth-order valence-electron chi connectivity index (χ4n) is 3.31. The number of hydrogen-bond donors (Lipinski definition) is 2. The Morgan fingerprint density at radius 3 is 2.54 bits per heavy atom. The summed E-state index contributed by atoms with van der Waals surface area (Å²) in [5, 5.41) is 2.84. The van der Waals surface area contributed by atoms with E-state index in [4.69, 9.17) is 4.74 Å². The molecule has 2 aromatic carbocycles. The maximum Gasteiger partial charge on any atom is 0.265 e. The lowest BCUT2D eigenvalue weighted by Gasteiger charge is -2.15. The van der Waals surface area contributed by atoms with Gasteiger partial charge in [0.25, 0.3) is 10.0 Å². The monoisotopic (exact) mass is 466 g/mol. The Morgan fingerprint density at radius 2 is 1.86 bits per heavy atom. The van der Waals surface area contributed by atoms with Crippen LogP contribution < -0.4 is 14.8 Å². The number of nitrogens with one attached hydrogen (secondary N) is 2. The van der Waals surface area contributed by atoms with Crippen LogP contribution in [0.1, 0.15) is 31.2 Å². The third-order valence-corrected chi connectivity index (χ3v) is 6.89. The van der Waals surface area contributed by atoms with Crippen LogP contribution in [0.15, 0.2) is 45.8 Å². The van der Waals surface area contributed by atoms with E-state index in [1.165, 1.54) is 13.2 Å². The summed E-state index contributed by atoms with van der Waals surface area (Å²) < 4.78 is 34.5. The van der Waals surface area contributed by atoms with Crippen molar-refractivity contribution in [2.75, 3.05) is 17.1 Å². The highest BCUT2D eigenvalue weighted by Gasteiger charge is 2.25. The molecule has 1 fully saturated rings. The zero-order valence-corrected chi connectivity index (χ0v) is 18.2. The van der Waals surface area contributed by atoms with E-state index in [0.717, 1.165) is 31.2 Å². The summed E-state index contributed by atoms with van der Waals surface area (Å²) in [7, 11) is -2.52. The number of carbonyl (C=O) groups excluding carboxylic acids is 1. The van der Waals surface area contributed by atoms with Gasteiger partial charge in [-0.3, -0.25) is 9.52 Å². The Hall–Kier alpha value is -2.06. The smallest absolute Gasteiger partial charge is 0.265 e. The first-order chi connectivity index (χ1) is 13.3. The number of anilines is 2. The molecule has 0 aromatic heterocycles. The minimum Gasteiger partial charge on any atom is -0.495 e. The van der Waals surface area contributed by atoms with Gasteiger partial charge in [0.2, 0.25) is 5.91 Å². The molecule has 1 aliphatic carbocycles. The number of rotatable bonds is 6. The highest BCUT2D eigenvalue weighted by Crippen LogP contribution is 2.32. The number of benzene rings is 2. The van der Waals surface area contributed by atoms with E-state index >= 15 is 0 Å². The van der Waals surface area contributed by atoms with Crippen LogP contribution in [-0.4, -0.2) is 21.4 Å². The number of methoxy groups -OCH3 is 1. The SMILES string of the molecule is COc1ccc(NC(=O)C2CCCC2)cc1S(=O)(=O)Nc1cc(C)ccc1Br. The standard InChI is InChI=1S/C20H23BrN2O4S/c1-13-7-9-16(21)17(11-13)23-28(25,26)19-12-15(8-10-18(19)27-2)22-20(24)14-5-3-4-6-14/h7-12,14,23H,3-6H2,1-2H3,(H,22,24). The molecule has 2 aromatic rings. The molecule has 0 aliphatic heterocycles. The van der Waals surface area contributed by atoms with Gasteiger partial charge in [-0.05, 0) is 71.6 Å². The molecule has 0 heterocycles. The molecular weight excluding hydrogens is 444 g/mol. The lowest BCUT2D eigenvalue weighted by atomic mass is 10.1. The van der Waals surface area contributed by atoms with Crippen molar-refractivity contribution in [3.05, 3.63) is 46.4 Å². The van der Waals surface area contributed by atoms with Gasteiger partial charge in [0.05, 0.1) is 12.8 Å². The van der Waals surface area contributed by atoms with Gasteiger partial charge in [-0.1, -0.05) is 18.9 Å². The average molecular weight is 467 g/mol. The van der Waals surface area contributed by atoms with E-state index in [1.54, 1.807) is 24.3 Å². The molecule has 0 unspecified atom stereocenters. The number of sulfonamides is 1. The summed E-state index contributed by atoms with van der Waals surface area (Å²) in [4.78, 5) is 12.4. The number of hydrogen-bond acceptors (Lipinski definition) is 4. The molecule has 2 N–H and O–H groups in total. The third kappa shape index (κ3) is 4.67. The van der Waals surface area contributed by atoms with Gasteiger partial charge in [-0.25, -0.2) is 8.42 Å². The predicted octanol–water partition coefficient (Wildman–Crippen LogP) is 4.70. The lowest BCUT2D eigenvalue weighted by molar-refractivity contribution is -0.119. The highest BCUT2D eigenvalue weighted by molar-refractivity contribution is 9.10. The molecule has 1 amide bonds. The molecule has 0 radical (unpaired) electrons. The molecule has 0 atom stereocenters. The normalized spacial score (nSPS) is 14.7. The maximum absolute atomic E-state index is 13.0. The largest absolute Gasteiger partial charge is 0.495 e. The predicted molar refractivity (Wildman–Crippen MR) is 113 cm³/mol. The van der Waals surface area contributed by atoms with Gasteiger partial charge in [0, 0.05) is 16.1 Å². The van der Waals surface area contributed by atoms with Crippen LogP contribution in [0.4, 0.5) is 11.4 Å². The Balaban J connectivity index is 1.90. The minimum absolute atomic E-state index is 0.0106. The van der Waals surface area contributed by atoms with E-state index in [0.29, 0.717) is 15.8 Å². The summed E-state index contributed by atoms with van der Waals surface area (Å²) in [5.74, 6) is 0.124. The number of carbonyl (C=O) groups is 1. The molecular formula is C20H23BrN2O4S. The lowest BCUT2D eigenvalue weighted by Crippen LogP contribution is -2.21. The topological polar surface area (TPSA) is 84.5 Å². The van der Waals surface area contributed by atoms with Crippen LogP contribution in [0.3, 0.4) is 0 Å². The summed E-state index contributed by atoms with van der Waals surface area (Å²) in [6.07, 6.45) is 3.84. The Morgan fingerprint density at radius 1 is 1.14 bits per heavy atom. The molecule has 1 saturated carbocycles. The van der Waals surface area contributed by atoms with Crippen molar-refractivity contribution < 1.29 is 17.9 Å². The summed E-state index contributed by atoms with van der Waals surface area (Å²) in [5.41, 5.74) is 1.79. The minimum atomic E-state index is -3.93. The second-order valence-electron chi connectivity index (χ2n) is 6.93. The van der Waals surface area contributed by atoms with E-state index in [2.05, 4.69) is 26.0 Å². The quantitative estimate of drug-likeness (QED) is 0.646. The van der Waals surface area contributed by atoms with Crippen LogP contribution in [0.2, 0.25) is 0 Å². The highest BCUT2D eigenvalue weighted by atomic mass is 79.9. The zero-order valence-electron chi connectivity index (χ0n) is 15.8. The second kappa shape index (κ2) is 8.53. The van der Waals surface area contributed by atoms with Gasteiger partial charge in [0.15, 0.2) is 0 Å². The van der Waals surface area contributed by atoms with Crippen LogP contribution in [0.25, 0.3) is 0 Å². The van der Waals surface area contributed by atoms with Crippen molar-refractivity contribution in [2.24, 2.45) is 5.92 Å². The van der Waals surface area contributed by atoms with E-state index in [9.17, 15) is 13.2 Å². The molecule has 3 rings (SSSR count). The molecule has 0 bridgehead atoms. The van der Waals surface area contributed by atoms with Crippen molar-refractivity contribution in [3.8, 4) is 5.75 Å². The Labute approximate surface area is 173 Å². The molecule has 1 aliphatic rings. The van der Waals surface area contributed by atoms with Gasteiger partial charge < -0.3 is 10.1 Å². The molecule has 0 spiro atoms. The average Bonchev–Trinajstić information content (AvgIpc) is 3.19. The fraction of sp³-hybridized carbons (Fsp3) is 0.350. The van der Waals surface area contributed by atoms with Gasteiger partial charge in [-0.15, -0.1) is 0 Å². The van der Waals surface area contributed by atoms with E-state index in [1.807, 2.05) is 13.0 Å². The molecule has 6 nitrogen and oxygen atoms in total. The van der Waals surface area contributed by atoms with Crippen molar-refractivity contribution in [1.29, 1.82) is 0 Å². The van der Waals surface area contributed by atoms with E-state index in [-0.39, 0.29) is 22.5 Å². The first-order valence-corrected chi connectivity index (χ1v) is 11.4. The third-order valence-electron chi connectivity index (χ3n) is 4.81. The first kappa shape index (κ1) is 20.7. The zero-order chi connectivity index (χ0) is 20.3. The molecule has 28 heavy (non-hydrogen) atoms. The summed E-state index contributed by atoms with van der Waals surface area (Å²) >= 11 is 3.36. The first-order valence-electron chi connectivity index (χ1n) is 9.08. The van der Waals surface area contributed by atoms with Crippen LogP contribution in [0.5, 0.6) is 5.75 Å².